The van der Waals surface area contributed by atoms with Crippen molar-refractivity contribution in [2.45, 2.75) is 57.2 Å². The first-order valence-corrected chi connectivity index (χ1v) is 14.7. The van der Waals surface area contributed by atoms with Gasteiger partial charge < -0.3 is 20.7 Å². The van der Waals surface area contributed by atoms with Crippen LogP contribution in [-0.4, -0.2) is 55.3 Å². The number of piperidine rings is 1. The largest absolute Gasteiger partial charge is 0.490 e. The van der Waals surface area contributed by atoms with Crippen molar-refractivity contribution in [3.63, 3.8) is 0 Å². The molecule has 1 aliphatic carbocycles. The molecule has 3 N–H and O–H groups in total. The number of nitrogens with two attached hydrogens (primary N) is 1. The van der Waals surface area contributed by atoms with Crippen molar-refractivity contribution >= 4 is 40.6 Å². The predicted molar refractivity (Wildman–Crippen MR) is 158 cm³/mol. The van der Waals surface area contributed by atoms with Crippen LogP contribution in [0.5, 0.6) is 5.75 Å². The molecule has 1 saturated heterocycles. The van der Waals surface area contributed by atoms with Gasteiger partial charge in [-0.1, -0.05) is 18.5 Å². The third-order valence-electron chi connectivity index (χ3n) is 7.76. The number of imidazole rings is 1. The molecule has 1 atom stereocenters. The quantitative estimate of drug-likeness (QED) is 0.259. The SMILES string of the molecule is CCC(=O)N1CCCC(c2nc(-c3ccc(C(=O)Nc4cc(C(F)(F)F)ccn4)cc3OC3CC3)c3c(N)ncc(Cl)n23)C1. The lowest BCUT2D eigenvalue weighted by molar-refractivity contribution is -0.137. The Kier molecular flexibility index (Phi) is 7.82. The highest BCUT2D eigenvalue weighted by molar-refractivity contribution is 6.30. The fourth-order valence-electron chi connectivity index (χ4n) is 5.42. The van der Waals surface area contributed by atoms with E-state index in [1.165, 1.54) is 18.3 Å². The first kappa shape index (κ1) is 29.7. The Balaban J connectivity index is 1.40. The number of hydrogen-bond donors (Lipinski definition) is 2. The topological polar surface area (TPSA) is 128 Å². The maximum atomic E-state index is 13.2. The zero-order valence-electron chi connectivity index (χ0n) is 23.7. The molecule has 0 spiro atoms. The lowest BCUT2D eigenvalue weighted by atomic mass is 9.97. The lowest BCUT2D eigenvalue weighted by Crippen LogP contribution is -2.39. The van der Waals surface area contributed by atoms with E-state index in [1.54, 1.807) is 10.5 Å². The number of anilines is 2. The highest BCUT2D eigenvalue weighted by atomic mass is 35.5. The number of nitrogens with zero attached hydrogens (tertiary/aromatic N) is 5. The van der Waals surface area contributed by atoms with Crippen LogP contribution in [0.1, 0.15) is 66.7 Å². The summed E-state index contributed by atoms with van der Waals surface area (Å²) in [5.41, 5.74) is 7.08. The average Bonchev–Trinajstić information content (AvgIpc) is 3.73. The molecule has 4 heterocycles. The van der Waals surface area contributed by atoms with Gasteiger partial charge in [0.2, 0.25) is 5.91 Å². The number of hydrogen-bond acceptors (Lipinski definition) is 7. The molecule has 0 radical (unpaired) electrons. The average molecular weight is 628 g/mol. The number of aromatic nitrogens is 4. The molecule has 3 aromatic heterocycles. The summed E-state index contributed by atoms with van der Waals surface area (Å²) in [6.45, 7) is 2.99. The van der Waals surface area contributed by atoms with Crippen LogP contribution in [0.25, 0.3) is 16.8 Å². The van der Waals surface area contributed by atoms with Gasteiger partial charge in [-0.2, -0.15) is 13.2 Å². The van der Waals surface area contributed by atoms with E-state index in [-0.39, 0.29) is 35.1 Å². The molecule has 1 unspecified atom stereocenters. The van der Waals surface area contributed by atoms with Gasteiger partial charge in [0.15, 0.2) is 0 Å². The molecule has 10 nitrogen and oxygen atoms in total. The molecule has 4 aromatic rings. The number of ether oxygens (including phenoxy) is 1. The number of nitrogen functional groups attached to an aromatic ring is 1. The number of halogens is 4. The number of alkyl halides is 3. The maximum absolute atomic E-state index is 13.2. The summed E-state index contributed by atoms with van der Waals surface area (Å²) in [5, 5.41) is 2.73. The highest BCUT2D eigenvalue weighted by Crippen LogP contribution is 2.41. The lowest BCUT2D eigenvalue weighted by Gasteiger charge is -2.32. The number of pyridine rings is 1. The first-order chi connectivity index (χ1) is 21.0. The van der Waals surface area contributed by atoms with Gasteiger partial charge >= 0.3 is 6.18 Å². The van der Waals surface area contributed by atoms with Gasteiger partial charge in [0.05, 0.1) is 17.9 Å². The van der Waals surface area contributed by atoms with E-state index in [0.29, 0.717) is 53.0 Å². The van der Waals surface area contributed by atoms with Crippen molar-refractivity contribution in [2.75, 3.05) is 24.1 Å². The van der Waals surface area contributed by atoms with Crippen molar-refractivity contribution in [3.8, 4) is 17.0 Å². The molecule has 44 heavy (non-hydrogen) atoms. The van der Waals surface area contributed by atoms with E-state index in [2.05, 4.69) is 15.3 Å². The fourth-order valence-corrected chi connectivity index (χ4v) is 5.64. The van der Waals surface area contributed by atoms with Gasteiger partial charge in [-0.25, -0.2) is 15.0 Å². The number of nitrogens with one attached hydrogen (secondary N) is 1. The summed E-state index contributed by atoms with van der Waals surface area (Å²) in [7, 11) is 0. The van der Waals surface area contributed by atoms with Crippen molar-refractivity contribution in [3.05, 3.63) is 64.8 Å². The number of fused-ring (bicyclic) bond motifs is 1. The van der Waals surface area contributed by atoms with E-state index in [4.69, 9.17) is 27.1 Å². The van der Waals surface area contributed by atoms with Crippen LogP contribution in [0, 0.1) is 0 Å². The summed E-state index contributed by atoms with van der Waals surface area (Å²) in [6, 6.07) is 6.31. The number of likely N-dealkylation sites (tertiary alicyclic amines) is 1. The molecule has 1 aromatic carbocycles. The number of benzene rings is 1. The van der Waals surface area contributed by atoms with Crippen LogP contribution < -0.4 is 15.8 Å². The Morgan fingerprint density at radius 1 is 1.16 bits per heavy atom. The fraction of sp³-hybridized carbons (Fsp3) is 0.367. The summed E-state index contributed by atoms with van der Waals surface area (Å²) in [6.07, 6.45) is 1.46. The van der Waals surface area contributed by atoms with Crippen LogP contribution in [0.15, 0.2) is 42.7 Å². The van der Waals surface area contributed by atoms with Crippen LogP contribution >= 0.6 is 11.6 Å². The first-order valence-electron chi connectivity index (χ1n) is 14.3. The minimum absolute atomic E-state index is 0.0587. The predicted octanol–water partition coefficient (Wildman–Crippen LogP) is 5.96. The maximum Gasteiger partial charge on any atom is 0.416 e. The molecular weight excluding hydrogens is 599 g/mol. The number of carbonyl (C=O) groups is 2. The Morgan fingerprint density at radius 3 is 2.68 bits per heavy atom. The van der Waals surface area contributed by atoms with Crippen LogP contribution in [0.4, 0.5) is 24.8 Å². The standard InChI is InChI=1S/C30H29ClF3N7O3/c1-2-24(42)40-11-3-4-17(15-40)28-39-25(26-27(35)37-14-22(31)41(26)28)20-8-5-16(12-21(20)44-19-6-7-19)29(43)38-23-13-18(9-10-36-23)30(32,33)34/h5,8-10,12-14,17,19H,2-4,6-7,11,15H2,1H3,(H2,35,37)(H,36,38,43). The van der Waals surface area contributed by atoms with Gasteiger partial charge in [-0.05, 0) is 56.0 Å². The Labute approximate surface area is 255 Å². The van der Waals surface area contributed by atoms with Crippen molar-refractivity contribution in [1.29, 1.82) is 0 Å². The van der Waals surface area contributed by atoms with Gasteiger partial charge in [-0.15, -0.1) is 0 Å². The van der Waals surface area contributed by atoms with E-state index in [0.717, 1.165) is 44.0 Å². The van der Waals surface area contributed by atoms with Crippen LogP contribution in [0.2, 0.25) is 5.15 Å². The summed E-state index contributed by atoms with van der Waals surface area (Å²) >= 11 is 6.66. The Bertz CT molecular complexity index is 1760. The molecule has 14 heteroatoms. The van der Waals surface area contributed by atoms with Crippen molar-refractivity contribution in [2.24, 2.45) is 0 Å². The molecule has 1 aliphatic heterocycles. The minimum Gasteiger partial charge on any atom is -0.490 e. The molecule has 0 bridgehead atoms. The summed E-state index contributed by atoms with van der Waals surface area (Å²) in [5.74, 6) is 0.240. The number of amides is 2. The molecule has 2 fully saturated rings. The highest BCUT2D eigenvalue weighted by Gasteiger charge is 2.33. The monoisotopic (exact) mass is 627 g/mol. The third-order valence-corrected chi connectivity index (χ3v) is 8.02. The van der Waals surface area contributed by atoms with E-state index >= 15 is 0 Å². The van der Waals surface area contributed by atoms with Crippen LogP contribution in [-0.2, 0) is 11.0 Å². The second-order valence-electron chi connectivity index (χ2n) is 10.9. The van der Waals surface area contributed by atoms with Crippen molar-refractivity contribution < 1.29 is 27.5 Å². The molecule has 230 valence electrons. The molecule has 2 aliphatic rings. The van der Waals surface area contributed by atoms with Gasteiger partial charge in [0.1, 0.15) is 39.6 Å². The second kappa shape index (κ2) is 11.6. The zero-order chi connectivity index (χ0) is 31.2. The van der Waals surface area contributed by atoms with Crippen LogP contribution in [0.3, 0.4) is 0 Å². The second-order valence-corrected chi connectivity index (χ2v) is 11.3. The molecule has 2 amide bonds. The smallest absolute Gasteiger partial charge is 0.416 e. The van der Waals surface area contributed by atoms with Gasteiger partial charge in [0.25, 0.3) is 5.91 Å². The normalized spacial score (nSPS) is 17.1. The molecule has 6 rings (SSSR count). The minimum atomic E-state index is -4.58. The van der Waals surface area contributed by atoms with E-state index < -0.39 is 17.6 Å². The van der Waals surface area contributed by atoms with Gasteiger partial charge in [0, 0.05) is 42.8 Å². The van der Waals surface area contributed by atoms with E-state index in [1.807, 2.05) is 11.8 Å². The van der Waals surface area contributed by atoms with E-state index in [9.17, 15) is 22.8 Å². The Morgan fingerprint density at radius 2 is 1.95 bits per heavy atom. The molecule has 1 saturated carbocycles. The number of rotatable bonds is 7. The zero-order valence-corrected chi connectivity index (χ0v) is 24.5. The third kappa shape index (κ3) is 5.88. The summed E-state index contributed by atoms with van der Waals surface area (Å²) < 4.78 is 47.5. The van der Waals surface area contributed by atoms with Crippen molar-refractivity contribution in [1.82, 2.24) is 24.3 Å². The Hall–Kier alpha value is -4.39. The number of carbonyl (C=O) groups excluding carboxylic acids is 2. The molecular formula is C30H29ClF3N7O3. The summed E-state index contributed by atoms with van der Waals surface area (Å²) in [4.78, 5) is 40.6. The van der Waals surface area contributed by atoms with Gasteiger partial charge in [-0.3, -0.25) is 14.0 Å².